The van der Waals surface area contributed by atoms with Crippen LogP contribution in [0.25, 0.3) is 0 Å². The number of amides is 1. The lowest BCUT2D eigenvalue weighted by molar-refractivity contribution is -0.139. The quantitative estimate of drug-likeness (QED) is 0.616. The normalized spacial score (nSPS) is 11.6. The number of nitrogens with zero attached hydrogens (tertiary/aromatic N) is 1. The minimum Gasteiger partial charge on any atom is -0.480 e. The first-order chi connectivity index (χ1) is 8.06. The molecule has 0 radical (unpaired) electrons. The number of carboxylic acid groups (broad SMARTS) is 1. The maximum Gasteiger partial charge on any atom is 0.326 e. The molecule has 6 heteroatoms. The van der Waals surface area contributed by atoms with E-state index in [1.54, 1.807) is 6.07 Å². The summed E-state index contributed by atoms with van der Waals surface area (Å²) in [5.41, 5.74) is 0.143. The van der Waals surface area contributed by atoms with Gasteiger partial charge in [-0.25, -0.2) is 9.78 Å². The predicted molar refractivity (Wildman–Crippen MR) is 63.0 cm³/mol. The van der Waals surface area contributed by atoms with E-state index in [1.807, 2.05) is 0 Å². The number of nitrogens with one attached hydrogen (secondary N) is 1. The summed E-state index contributed by atoms with van der Waals surface area (Å²) in [6.07, 6.45) is 3.00. The molecule has 0 aliphatic rings. The Morgan fingerprint density at radius 3 is 2.88 bits per heavy atom. The average Bonchev–Trinajstić information content (AvgIpc) is 2.28. The summed E-state index contributed by atoms with van der Waals surface area (Å²) < 4.78 is 0. The van der Waals surface area contributed by atoms with Crippen molar-refractivity contribution in [1.29, 1.82) is 0 Å². The van der Waals surface area contributed by atoms with Gasteiger partial charge in [0.2, 0.25) is 0 Å². The van der Waals surface area contributed by atoms with E-state index in [9.17, 15) is 9.59 Å². The predicted octanol–water partition coefficient (Wildman–Crippen LogP) is 1.49. The third-order valence-electron chi connectivity index (χ3n) is 2.01. The van der Waals surface area contributed by atoms with Crippen LogP contribution in [-0.2, 0) is 4.79 Å². The van der Waals surface area contributed by atoms with Gasteiger partial charge in [-0.2, -0.15) is 0 Å². The van der Waals surface area contributed by atoms with Crippen molar-refractivity contribution in [2.45, 2.75) is 12.5 Å². The largest absolute Gasteiger partial charge is 0.480 e. The minimum absolute atomic E-state index is 0.0349. The summed E-state index contributed by atoms with van der Waals surface area (Å²) in [7, 11) is 0. The zero-order valence-electron chi connectivity index (χ0n) is 8.89. The highest BCUT2D eigenvalue weighted by Gasteiger charge is 2.20. The molecule has 17 heavy (non-hydrogen) atoms. The molecule has 1 heterocycles. The second-order valence-corrected chi connectivity index (χ2v) is 3.59. The van der Waals surface area contributed by atoms with Gasteiger partial charge in [0.25, 0.3) is 5.91 Å². The highest BCUT2D eigenvalue weighted by Crippen LogP contribution is 2.11. The Balaban J connectivity index is 2.81. The third kappa shape index (κ3) is 3.57. The van der Waals surface area contributed by atoms with Crippen molar-refractivity contribution in [3.05, 3.63) is 41.7 Å². The van der Waals surface area contributed by atoms with Crippen molar-refractivity contribution in [2.24, 2.45) is 0 Å². The van der Waals surface area contributed by atoms with Gasteiger partial charge >= 0.3 is 5.97 Å². The van der Waals surface area contributed by atoms with E-state index >= 15 is 0 Å². The van der Waals surface area contributed by atoms with Crippen LogP contribution in [0, 0.1) is 0 Å². The summed E-state index contributed by atoms with van der Waals surface area (Å²) in [5.74, 6) is -1.70. The molecule has 0 aliphatic heterocycles. The Kier molecular flexibility index (Phi) is 4.66. The van der Waals surface area contributed by atoms with Gasteiger partial charge in [0.05, 0.1) is 5.56 Å². The number of aliphatic carboxylic acids is 1. The second-order valence-electron chi connectivity index (χ2n) is 3.23. The molecule has 0 fully saturated rings. The number of aromatic nitrogens is 1. The van der Waals surface area contributed by atoms with Gasteiger partial charge < -0.3 is 10.4 Å². The van der Waals surface area contributed by atoms with E-state index < -0.39 is 17.9 Å². The van der Waals surface area contributed by atoms with E-state index in [0.717, 1.165) is 0 Å². The molecular weight excluding hydrogens is 244 g/mol. The van der Waals surface area contributed by atoms with E-state index in [0.29, 0.717) is 0 Å². The molecule has 1 unspecified atom stereocenters. The zero-order chi connectivity index (χ0) is 12.8. The van der Waals surface area contributed by atoms with Crippen molar-refractivity contribution in [1.82, 2.24) is 10.3 Å². The van der Waals surface area contributed by atoms with Crippen molar-refractivity contribution in [3.63, 3.8) is 0 Å². The van der Waals surface area contributed by atoms with Gasteiger partial charge in [-0.15, -0.1) is 6.58 Å². The fourth-order valence-electron chi connectivity index (χ4n) is 1.18. The summed E-state index contributed by atoms with van der Waals surface area (Å²) in [6.45, 7) is 3.43. The zero-order valence-corrected chi connectivity index (χ0v) is 9.65. The Bertz CT molecular complexity index is 448. The van der Waals surface area contributed by atoms with Crippen LogP contribution in [0.1, 0.15) is 16.8 Å². The van der Waals surface area contributed by atoms with Crippen LogP contribution in [0.5, 0.6) is 0 Å². The molecule has 90 valence electrons. The first kappa shape index (κ1) is 13.2. The van der Waals surface area contributed by atoms with Crippen LogP contribution in [0.15, 0.2) is 31.0 Å². The lowest BCUT2D eigenvalue weighted by Gasteiger charge is -2.12. The van der Waals surface area contributed by atoms with Crippen LogP contribution in [0.3, 0.4) is 0 Å². The van der Waals surface area contributed by atoms with Crippen molar-refractivity contribution >= 4 is 23.5 Å². The molecule has 0 aliphatic carbocycles. The fraction of sp³-hybridized carbons (Fsp3) is 0.182. The third-order valence-corrected chi connectivity index (χ3v) is 2.31. The van der Waals surface area contributed by atoms with Gasteiger partial charge in [-0.05, 0) is 18.6 Å². The molecule has 0 saturated heterocycles. The van der Waals surface area contributed by atoms with E-state index in [4.69, 9.17) is 16.7 Å². The SMILES string of the molecule is C=CCC(NC(=O)c1cccnc1Cl)C(=O)O. The molecule has 5 nitrogen and oxygen atoms in total. The monoisotopic (exact) mass is 254 g/mol. The number of hydrogen-bond acceptors (Lipinski definition) is 3. The summed E-state index contributed by atoms with van der Waals surface area (Å²) in [6, 6.07) is 2.00. The summed E-state index contributed by atoms with van der Waals surface area (Å²) >= 11 is 5.72. The summed E-state index contributed by atoms with van der Waals surface area (Å²) in [4.78, 5) is 26.3. The summed E-state index contributed by atoms with van der Waals surface area (Å²) in [5, 5.41) is 11.2. The lowest BCUT2D eigenvalue weighted by atomic mass is 10.2. The molecule has 0 bridgehead atoms. The first-order valence-electron chi connectivity index (χ1n) is 4.81. The molecule has 0 saturated carbocycles. The Hall–Kier alpha value is -1.88. The Labute approximate surface area is 103 Å². The highest BCUT2D eigenvalue weighted by molar-refractivity contribution is 6.32. The Morgan fingerprint density at radius 2 is 2.35 bits per heavy atom. The van der Waals surface area contributed by atoms with Gasteiger partial charge in [0.15, 0.2) is 0 Å². The first-order valence-corrected chi connectivity index (χ1v) is 5.19. The Morgan fingerprint density at radius 1 is 1.65 bits per heavy atom. The topological polar surface area (TPSA) is 79.3 Å². The van der Waals surface area contributed by atoms with Crippen LogP contribution < -0.4 is 5.32 Å². The van der Waals surface area contributed by atoms with Crippen LogP contribution in [-0.4, -0.2) is 28.0 Å². The van der Waals surface area contributed by atoms with Crippen molar-refractivity contribution in [2.75, 3.05) is 0 Å². The maximum atomic E-state index is 11.7. The van der Waals surface area contributed by atoms with Crippen LogP contribution in [0.2, 0.25) is 5.15 Å². The van der Waals surface area contributed by atoms with Gasteiger partial charge in [-0.1, -0.05) is 17.7 Å². The van der Waals surface area contributed by atoms with Crippen molar-refractivity contribution in [3.8, 4) is 0 Å². The number of carboxylic acids is 1. The molecule has 1 amide bonds. The molecule has 0 aromatic carbocycles. The second kappa shape index (κ2) is 6.00. The number of pyridine rings is 1. The molecule has 1 aromatic rings. The van der Waals surface area contributed by atoms with E-state index in [2.05, 4.69) is 16.9 Å². The fourth-order valence-corrected chi connectivity index (χ4v) is 1.38. The molecule has 2 N–H and O–H groups in total. The number of carbonyl (C=O) groups excluding carboxylic acids is 1. The number of carbonyl (C=O) groups is 2. The van der Waals surface area contributed by atoms with E-state index in [-0.39, 0.29) is 17.1 Å². The lowest BCUT2D eigenvalue weighted by Crippen LogP contribution is -2.40. The molecule has 1 atom stereocenters. The average molecular weight is 255 g/mol. The minimum atomic E-state index is -1.13. The number of rotatable bonds is 5. The van der Waals surface area contributed by atoms with Crippen LogP contribution >= 0.6 is 11.6 Å². The molecule has 1 aromatic heterocycles. The van der Waals surface area contributed by atoms with Gasteiger partial charge in [0.1, 0.15) is 11.2 Å². The highest BCUT2D eigenvalue weighted by atomic mass is 35.5. The van der Waals surface area contributed by atoms with Gasteiger partial charge in [0, 0.05) is 6.20 Å². The van der Waals surface area contributed by atoms with E-state index in [1.165, 1.54) is 18.3 Å². The molecular formula is C11H11ClN2O3. The number of hydrogen-bond donors (Lipinski definition) is 2. The molecule has 0 spiro atoms. The molecule has 1 rings (SSSR count). The maximum absolute atomic E-state index is 11.7. The number of halogens is 1. The smallest absolute Gasteiger partial charge is 0.326 e. The van der Waals surface area contributed by atoms with Gasteiger partial charge in [-0.3, -0.25) is 4.79 Å². The van der Waals surface area contributed by atoms with Crippen molar-refractivity contribution < 1.29 is 14.7 Å². The standard InChI is InChI=1S/C11H11ClN2O3/c1-2-4-8(11(16)17)14-10(15)7-5-3-6-13-9(7)12/h2-3,5-6,8H,1,4H2,(H,14,15)(H,16,17). The van der Waals surface area contributed by atoms with Crippen LogP contribution in [0.4, 0.5) is 0 Å².